The van der Waals surface area contributed by atoms with Crippen molar-refractivity contribution in [3.63, 3.8) is 0 Å². The predicted octanol–water partition coefficient (Wildman–Crippen LogP) is 2.56. The zero-order valence-corrected chi connectivity index (χ0v) is 15.9. The number of carbonyl (C=O) groups is 1. The van der Waals surface area contributed by atoms with Crippen LogP contribution in [0.4, 0.5) is 0 Å². The fourth-order valence-corrected chi connectivity index (χ4v) is 2.79. The van der Waals surface area contributed by atoms with Gasteiger partial charge < -0.3 is 14.6 Å². The van der Waals surface area contributed by atoms with Crippen molar-refractivity contribution < 1.29 is 14.1 Å². The fourth-order valence-electron chi connectivity index (χ4n) is 2.79. The average molecular weight is 390 g/mol. The van der Waals surface area contributed by atoms with Gasteiger partial charge in [0.2, 0.25) is 0 Å². The lowest BCUT2D eigenvalue weighted by atomic mass is 10.2. The van der Waals surface area contributed by atoms with Crippen molar-refractivity contribution in [3.05, 3.63) is 72.2 Å². The first-order valence-corrected chi connectivity index (χ1v) is 8.85. The van der Waals surface area contributed by atoms with Gasteiger partial charge >= 0.3 is 0 Å². The standard InChI is InChI=1S/C20H18N6O3/c1-13-24-20(29-25-13)14-7-8-21-18(9-14)26-11-16(23-12-26)19(27)22-10-15-5-3-4-6-17(15)28-2/h3-9,11-12H,10H2,1-2H3,(H,22,27). The number of hydrogen-bond donors (Lipinski definition) is 1. The first-order chi connectivity index (χ1) is 14.1. The molecule has 0 unspecified atom stereocenters. The normalized spacial score (nSPS) is 10.7. The molecular formula is C20H18N6O3. The summed E-state index contributed by atoms with van der Waals surface area (Å²) in [5, 5.41) is 6.64. The molecule has 0 saturated heterocycles. The molecule has 0 spiro atoms. The second-order valence-electron chi connectivity index (χ2n) is 6.21. The van der Waals surface area contributed by atoms with Crippen molar-refractivity contribution in [2.75, 3.05) is 7.11 Å². The minimum absolute atomic E-state index is 0.278. The Labute approximate surface area is 166 Å². The number of rotatable bonds is 6. The summed E-state index contributed by atoms with van der Waals surface area (Å²) >= 11 is 0. The van der Waals surface area contributed by atoms with Gasteiger partial charge in [-0.2, -0.15) is 4.98 Å². The molecule has 0 aliphatic heterocycles. The van der Waals surface area contributed by atoms with Crippen LogP contribution in [0.1, 0.15) is 21.9 Å². The number of para-hydroxylation sites is 1. The summed E-state index contributed by atoms with van der Waals surface area (Å²) in [6.07, 6.45) is 4.78. The molecule has 4 rings (SSSR count). The van der Waals surface area contributed by atoms with Crippen LogP contribution in [0.25, 0.3) is 17.3 Å². The summed E-state index contributed by atoms with van der Waals surface area (Å²) in [5.41, 5.74) is 1.89. The van der Waals surface area contributed by atoms with E-state index in [2.05, 4.69) is 25.4 Å². The van der Waals surface area contributed by atoms with E-state index in [9.17, 15) is 4.79 Å². The van der Waals surface area contributed by atoms with Crippen LogP contribution >= 0.6 is 0 Å². The maximum absolute atomic E-state index is 12.5. The molecule has 9 nitrogen and oxygen atoms in total. The maximum atomic E-state index is 12.5. The highest BCUT2D eigenvalue weighted by Crippen LogP contribution is 2.19. The highest BCUT2D eigenvalue weighted by molar-refractivity contribution is 5.92. The summed E-state index contributed by atoms with van der Waals surface area (Å²) in [4.78, 5) is 25.2. The van der Waals surface area contributed by atoms with E-state index in [4.69, 9.17) is 9.26 Å². The minimum Gasteiger partial charge on any atom is -0.496 e. The number of methoxy groups -OCH3 is 1. The summed E-state index contributed by atoms with van der Waals surface area (Å²) in [7, 11) is 1.60. The monoisotopic (exact) mass is 390 g/mol. The molecule has 0 fully saturated rings. The van der Waals surface area contributed by atoms with Gasteiger partial charge in [-0.3, -0.25) is 9.36 Å². The van der Waals surface area contributed by atoms with Crippen molar-refractivity contribution in [1.82, 2.24) is 30.0 Å². The minimum atomic E-state index is -0.293. The number of amides is 1. The number of hydrogen-bond acceptors (Lipinski definition) is 7. The number of aryl methyl sites for hydroxylation is 1. The number of carbonyl (C=O) groups excluding carboxylic acids is 1. The Bertz CT molecular complexity index is 1150. The van der Waals surface area contributed by atoms with Gasteiger partial charge in [-0.25, -0.2) is 9.97 Å². The third-order valence-corrected chi connectivity index (χ3v) is 4.23. The Balaban J connectivity index is 1.49. The molecule has 146 valence electrons. The molecule has 1 aromatic carbocycles. The topological polar surface area (TPSA) is 108 Å². The van der Waals surface area contributed by atoms with Gasteiger partial charge in [-0.05, 0) is 25.1 Å². The second-order valence-corrected chi connectivity index (χ2v) is 6.21. The lowest BCUT2D eigenvalue weighted by Crippen LogP contribution is -2.23. The van der Waals surface area contributed by atoms with Gasteiger partial charge in [0, 0.05) is 30.1 Å². The number of imidazole rings is 1. The number of nitrogens with zero attached hydrogens (tertiary/aromatic N) is 5. The van der Waals surface area contributed by atoms with Crippen molar-refractivity contribution in [3.8, 4) is 23.0 Å². The molecule has 0 aliphatic rings. The third kappa shape index (κ3) is 3.98. The molecule has 0 aliphatic carbocycles. The highest BCUT2D eigenvalue weighted by Gasteiger charge is 2.13. The summed E-state index contributed by atoms with van der Waals surface area (Å²) in [6.45, 7) is 2.08. The van der Waals surface area contributed by atoms with Gasteiger partial charge in [-0.1, -0.05) is 23.4 Å². The zero-order chi connectivity index (χ0) is 20.2. The molecule has 29 heavy (non-hydrogen) atoms. The molecule has 3 aromatic heterocycles. The Morgan fingerprint density at radius 1 is 1.24 bits per heavy atom. The largest absolute Gasteiger partial charge is 0.496 e. The number of pyridine rings is 1. The molecule has 0 radical (unpaired) electrons. The van der Waals surface area contributed by atoms with Crippen molar-refractivity contribution in [1.29, 1.82) is 0 Å². The molecule has 1 amide bonds. The first kappa shape index (κ1) is 18.4. The van der Waals surface area contributed by atoms with Gasteiger partial charge in [0.15, 0.2) is 5.82 Å². The van der Waals surface area contributed by atoms with Crippen LogP contribution in [0.5, 0.6) is 5.75 Å². The van der Waals surface area contributed by atoms with E-state index in [0.717, 1.165) is 16.9 Å². The van der Waals surface area contributed by atoms with Crippen LogP contribution in [0.15, 0.2) is 59.6 Å². The number of nitrogens with one attached hydrogen (secondary N) is 1. The van der Waals surface area contributed by atoms with E-state index in [1.54, 1.807) is 43.1 Å². The Hall–Kier alpha value is -4.01. The molecular weight excluding hydrogens is 372 g/mol. The van der Waals surface area contributed by atoms with Gasteiger partial charge in [0.25, 0.3) is 11.8 Å². The van der Waals surface area contributed by atoms with Crippen LogP contribution in [0.3, 0.4) is 0 Å². The highest BCUT2D eigenvalue weighted by atomic mass is 16.5. The Morgan fingerprint density at radius 2 is 2.10 bits per heavy atom. The summed E-state index contributed by atoms with van der Waals surface area (Å²) < 4.78 is 12.1. The Morgan fingerprint density at radius 3 is 2.90 bits per heavy atom. The smallest absolute Gasteiger partial charge is 0.271 e. The second kappa shape index (κ2) is 7.93. The summed E-state index contributed by atoms with van der Waals surface area (Å²) in [6, 6.07) is 11.1. The summed E-state index contributed by atoms with van der Waals surface area (Å²) in [5.74, 6) is 1.96. The fraction of sp³-hybridized carbons (Fsp3) is 0.150. The molecule has 0 saturated carbocycles. The van der Waals surface area contributed by atoms with Gasteiger partial charge in [-0.15, -0.1) is 0 Å². The number of benzene rings is 1. The van der Waals surface area contributed by atoms with E-state index in [-0.39, 0.29) is 11.6 Å². The molecule has 1 N–H and O–H groups in total. The van der Waals surface area contributed by atoms with Crippen LogP contribution in [-0.2, 0) is 6.54 Å². The van der Waals surface area contributed by atoms with E-state index in [0.29, 0.717) is 24.1 Å². The van der Waals surface area contributed by atoms with Crippen molar-refractivity contribution in [2.24, 2.45) is 0 Å². The maximum Gasteiger partial charge on any atom is 0.271 e. The van der Waals surface area contributed by atoms with Gasteiger partial charge in [0.05, 0.1) is 7.11 Å². The molecule has 9 heteroatoms. The van der Waals surface area contributed by atoms with E-state index < -0.39 is 0 Å². The SMILES string of the molecule is COc1ccccc1CNC(=O)c1cn(-c2cc(-c3nc(C)no3)ccn2)cn1. The van der Waals surface area contributed by atoms with E-state index >= 15 is 0 Å². The number of aromatic nitrogens is 5. The lowest BCUT2D eigenvalue weighted by Gasteiger charge is -2.08. The molecule has 4 aromatic rings. The molecule has 3 heterocycles. The average Bonchev–Trinajstić information content (AvgIpc) is 3.42. The Kier molecular flexibility index (Phi) is 5.02. The van der Waals surface area contributed by atoms with Crippen LogP contribution in [0.2, 0.25) is 0 Å². The van der Waals surface area contributed by atoms with Crippen molar-refractivity contribution in [2.45, 2.75) is 13.5 Å². The lowest BCUT2D eigenvalue weighted by molar-refractivity contribution is 0.0946. The van der Waals surface area contributed by atoms with Crippen LogP contribution < -0.4 is 10.1 Å². The van der Waals surface area contributed by atoms with E-state index in [1.165, 1.54) is 6.33 Å². The zero-order valence-electron chi connectivity index (χ0n) is 15.9. The van der Waals surface area contributed by atoms with Crippen LogP contribution in [-0.4, -0.2) is 37.7 Å². The third-order valence-electron chi connectivity index (χ3n) is 4.23. The molecule has 0 bridgehead atoms. The predicted molar refractivity (Wildman–Crippen MR) is 104 cm³/mol. The van der Waals surface area contributed by atoms with E-state index in [1.807, 2.05) is 24.3 Å². The molecule has 0 atom stereocenters. The first-order valence-electron chi connectivity index (χ1n) is 8.85. The van der Waals surface area contributed by atoms with Crippen LogP contribution in [0, 0.1) is 6.92 Å². The number of ether oxygens (including phenoxy) is 1. The quantitative estimate of drug-likeness (QED) is 0.539. The van der Waals surface area contributed by atoms with Crippen molar-refractivity contribution >= 4 is 5.91 Å². The van der Waals surface area contributed by atoms with Gasteiger partial charge in [0.1, 0.15) is 23.6 Å².